The van der Waals surface area contributed by atoms with Crippen molar-refractivity contribution in [2.24, 2.45) is 0 Å². The molecule has 0 aromatic heterocycles. The Balaban J connectivity index is 2.27. The summed E-state index contributed by atoms with van der Waals surface area (Å²) in [4.78, 5) is 25.2. The van der Waals surface area contributed by atoms with E-state index in [2.05, 4.69) is 0 Å². The van der Waals surface area contributed by atoms with Gasteiger partial charge >= 0.3 is 0 Å². The van der Waals surface area contributed by atoms with Crippen molar-refractivity contribution in [2.75, 3.05) is 27.9 Å². The van der Waals surface area contributed by atoms with Crippen molar-refractivity contribution in [1.29, 1.82) is 0 Å². The van der Waals surface area contributed by atoms with Gasteiger partial charge < -0.3 is 14.2 Å². The van der Waals surface area contributed by atoms with Crippen LogP contribution in [0.2, 0.25) is 0 Å². The Bertz CT molecular complexity index is 564. The van der Waals surface area contributed by atoms with Gasteiger partial charge in [0.2, 0.25) is 11.7 Å². The Morgan fingerprint density at radius 2 is 1.68 bits per heavy atom. The first-order chi connectivity index (χ1) is 10.5. The van der Waals surface area contributed by atoms with Gasteiger partial charge in [0.1, 0.15) is 0 Å². The van der Waals surface area contributed by atoms with Crippen molar-refractivity contribution in [3.05, 3.63) is 17.7 Å². The largest absolute Gasteiger partial charge is 0.493 e. The number of thioether (sulfide) groups is 1. The molecule has 1 saturated heterocycles. The zero-order valence-corrected chi connectivity index (χ0v) is 13.9. The normalized spacial score (nSPS) is 17.8. The summed E-state index contributed by atoms with van der Waals surface area (Å²) < 4.78 is 15.9. The van der Waals surface area contributed by atoms with Gasteiger partial charge in [-0.05, 0) is 31.0 Å². The second-order valence-electron chi connectivity index (χ2n) is 4.69. The number of imide groups is 1. The van der Waals surface area contributed by atoms with Crippen LogP contribution in [0, 0.1) is 0 Å². The molecule has 1 heterocycles. The van der Waals surface area contributed by atoms with Gasteiger partial charge in [0.15, 0.2) is 11.5 Å². The number of methoxy groups -OCH3 is 3. The van der Waals surface area contributed by atoms with Crippen LogP contribution in [0.25, 0.3) is 0 Å². The molecule has 1 aliphatic rings. The molecule has 6 nitrogen and oxygen atoms in total. The van der Waals surface area contributed by atoms with Crippen LogP contribution in [0.1, 0.15) is 12.5 Å². The van der Waals surface area contributed by atoms with Gasteiger partial charge in [0, 0.05) is 6.54 Å². The summed E-state index contributed by atoms with van der Waals surface area (Å²) in [6.45, 7) is 2.19. The van der Waals surface area contributed by atoms with E-state index < -0.39 is 5.25 Å². The van der Waals surface area contributed by atoms with Gasteiger partial charge in [-0.3, -0.25) is 14.5 Å². The number of carbonyl (C=O) groups is 2. The van der Waals surface area contributed by atoms with E-state index in [1.54, 1.807) is 33.3 Å². The summed E-state index contributed by atoms with van der Waals surface area (Å²) in [5, 5.41) is -0.597. The fraction of sp³-hybridized carbons (Fsp3) is 0.467. The van der Waals surface area contributed by atoms with Crippen molar-refractivity contribution in [1.82, 2.24) is 4.90 Å². The molecule has 1 fully saturated rings. The van der Waals surface area contributed by atoms with Crippen LogP contribution in [0.5, 0.6) is 17.2 Å². The van der Waals surface area contributed by atoms with Gasteiger partial charge in [-0.15, -0.1) is 0 Å². The van der Waals surface area contributed by atoms with Crippen LogP contribution in [0.4, 0.5) is 4.79 Å². The van der Waals surface area contributed by atoms with Gasteiger partial charge in [-0.2, -0.15) is 0 Å². The fourth-order valence-corrected chi connectivity index (χ4v) is 3.47. The van der Waals surface area contributed by atoms with E-state index in [0.717, 1.165) is 17.3 Å². The molecule has 0 N–H and O–H groups in total. The van der Waals surface area contributed by atoms with Crippen LogP contribution in [0.15, 0.2) is 12.1 Å². The minimum atomic E-state index is -0.407. The lowest BCUT2D eigenvalue weighted by atomic mass is 10.1. The van der Waals surface area contributed by atoms with Crippen LogP contribution in [-0.4, -0.2) is 49.2 Å². The van der Waals surface area contributed by atoms with Crippen molar-refractivity contribution >= 4 is 22.9 Å². The summed E-state index contributed by atoms with van der Waals surface area (Å²) in [6, 6.07) is 3.60. The van der Waals surface area contributed by atoms with E-state index >= 15 is 0 Å². The van der Waals surface area contributed by atoms with Crippen LogP contribution in [-0.2, 0) is 11.2 Å². The fourth-order valence-electron chi connectivity index (χ4n) is 2.38. The van der Waals surface area contributed by atoms with E-state index in [4.69, 9.17) is 14.2 Å². The lowest BCUT2D eigenvalue weighted by Crippen LogP contribution is -2.31. The zero-order valence-electron chi connectivity index (χ0n) is 13.0. The first kappa shape index (κ1) is 16.5. The standard InChI is InChI=1S/C15H19NO5S/c1-5-16-14(17)12(22-15(16)18)8-9-6-10(19-2)13(21-4)11(7-9)20-3/h6-7,12H,5,8H2,1-4H3/t12-/m0/s1. The first-order valence-electron chi connectivity index (χ1n) is 6.86. The van der Waals surface area contributed by atoms with Gasteiger partial charge in [-0.1, -0.05) is 11.8 Å². The molecular formula is C15H19NO5S. The Hall–Kier alpha value is -1.89. The van der Waals surface area contributed by atoms with Gasteiger partial charge in [-0.25, -0.2) is 0 Å². The summed E-state index contributed by atoms with van der Waals surface area (Å²) in [7, 11) is 4.62. The number of benzene rings is 1. The summed E-state index contributed by atoms with van der Waals surface area (Å²) in [5.41, 5.74) is 0.853. The first-order valence-corrected chi connectivity index (χ1v) is 7.74. The third-order valence-electron chi connectivity index (χ3n) is 3.47. The van der Waals surface area contributed by atoms with Crippen molar-refractivity contribution < 1.29 is 23.8 Å². The number of carbonyl (C=O) groups excluding carboxylic acids is 2. The average molecular weight is 325 g/mol. The van der Waals surface area contributed by atoms with Crippen LogP contribution >= 0.6 is 11.8 Å². The minimum absolute atomic E-state index is 0.147. The third-order valence-corrected chi connectivity index (χ3v) is 4.54. The summed E-state index contributed by atoms with van der Waals surface area (Å²) >= 11 is 1.06. The molecule has 120 valence electrons. The molecule has 1 aromatic rings. The second-order valence-corrected chi connectivity index (χ2v) is 5.85. The molecule has 1 aromatic carbocycles. The number of hydrogen-bond donors (Lipinski definition) is 0. The second kappa shape index (κ2) is 6.91. The number of amides is 2. The van der Waals surface area contributed by atoms with Gasteiger partial charge in [0.05, 0.1) is 26.6 Å². The number of ether oxygens (including phenoxy) is 3. The molecule has 0 bridgehead atoms. The molecule has 22 heavy (non-hydrogen) atoms. The molecule has 2 rings (SSSR count). The number of nitrogens with zero attached hydrogens (tertiary/aromatic N) is 1. The summed E-state index contributed by atoms with van der Waals surface area (Å²) in [5.74, 6) is 1.42. The van der Waals surface area contributed by atoms with Gasteiger partial charge in [0.25, 0.3) is 5.24 Å². The molecule has 0 radical (unpaired) electrons. The van der Waals surface area contributed by atoms with E-state index in [1.807, 2.05) is 0 Å². The molecule has 1 atom stereocenters. The molecule has 0 saturated carbocycles. The quantitative estimate of drug-likeness (QED) is 0.800. The zero-order chi connectivity index (χ0) is 16.3. The van der Waals surface area contributed by atoms with Crippen molar-refractivity contribution in [3.8, 4) is 17.2 Å². The average Bonchev–Trinajstić information content (AvgIpc) is 2.79. The number of rotatable bonds is 6. The molecule has 0 aliphatic carbocycles. The molecule has 2 amide bonds. The third kappa shape index (κ3) is 2.99. The highest BCUT2D eigenvalue weighted by Crippen LogP contribution is 2.39. The Labute approximate surface area is 133 Å². The Morgan fingerprint density at radius 1 is 1.09 bits per heavy atom. The molecule has 7 heteroatoms. The molecule has 0 unspecified atom stereocenters. The lowest BCUT2D eigenvalue weighted by molar-refractivity contribution is -0.126. The monoisotopic (exact) mass is 325 g/mol. The van der Waals surface area contributed by atoms with E-state index in [9.17, 15) is 9.59 Å². The SMILES string of the molecule is CCN1C(=O)S[C@@H](Cc2cc(OC)c(OC)c(OC)c2)C1=O. The molecule has 1 aliphatic heterocycles. The molecular weight excluding hydrogens is 306 g/mol. The minimum Gasteiger partial charge on any atom is -0.493 e. The predicted octanol–water partition coefficient (Wildman–Crippen LogP) is 2.34. The maximum Gasteiger partial charge on any atom is 0.289 e. The predicted molar refractivity (Wildman–Crippen MR) is 84.0 cm³/mol. The van der Waals surface area contributed by atoms with Crippen molar-refractivity contribution in [2.45, 2.75) is 18.6 Å². The maximum absolute atomic E-state index is 12.2. The van der Waals surface area contributed by atoms with Crippen LogP contribution in [0.3, 0.4) is 0 Å². The lowest BCUT2D eigenvalue weighted by Gasteiger charge is -2.15. The highest BCUT2D eigenvalue weighted by molar-refractivity contribution is 8.15. The topological polar surface area (TPSA) is 65.1 Å². The highest BCUT2D eigenvalue weighted by Gasteiger charge is 2.38. The Morgan fingerprint density at radius 3 is 2.09 bits per heavy atom. The van der Waals surface area contributed by atoms with E-state index in [1.165, 1.54) is 12.0 Å². The van der Waals surface area contributed by atoms with E-state index in [0.29, 0.717) is 30.2 Å². The highest BCUT2D eigenvalue weighted by atomic mass is 32.2. The summed E-state index contributed by atoms with van der Waals surface area (Å²) in [6.07, 6.45) is 0.433. The van der Waals surface area contributed by atoms with Crippen molar-refractivity contribution in [3.63, 3.8) is 0 Å². The Kier molecular flexibility index (Phi) is 5.18. The smallest absolute Gasteiger partial charge is 0.289 e. The maximum atomic E-state index is 12.2. The number of hydrogen-bond acceptors (Lipinski definition) is 6. The van der Waals surface area contributed by atoms with E-state index in [-0.39, 0.29) is 11.1 Å². The van der Waals surface area contributed by atoms with Crippen LogP contribution < -0.4 is 14.2 Å². The molecule has 0 spiro atoms.